The predicted molar refractivity (Wildman–Crippen MR) is 91.8 cm³/mol. The van der Waals surface area contributed by atoms with E-state index in [0.717, 1.165) is 21.9 Å². The number of benzene rings is 2. The Balaban J connectivity index is 1.96. The van der Waals surface area contributed by atoms with Gasteiger partial charge in [0, 0.05) is 29.3 Å². The summed E-state index contributed by atoms with van der Waals surface area (Å²) in [6.45, 7) is 1.88. The summed E-state index contributed by atoms with van der Waals surface area (Å²) in [4.78, 5) is 12.0. The van der Waals surface area contributed by atoms with Crippen LogP contribution in [0.2, 0.25) is 0 Å². The third-order valence-corrected chi connectivity index (χ3v) is 3.80. The number of rotatable bonds is 5. The molecular formula is C18H20N2O3. The van der Waals surface area contributed by atoms with Gasteiger partial charge in [-0.3, -0.25) is 4.79 Å². The number of para-hydroxylation sites is 1. The van der Waals surface area contributed by atoms with Gasteiger partial charge in [0.1, 0.15) is 16.9 Å². The molecule has 120 valence electrons. The van der Waals surface area contributed by atoms with Crippen LogP contribution >= 0.6 is 0 Å². The Labute approximate surface area is 134 Å². The van der Waals surface area contributed by atoms with Crippen LogP contribution in [0.3, 0.4) is 0 Å². The van der Waals surface area contributed by atoms with E-state index in [-0.39, 0.29) is 11.9 Å². The molecule has 1 atom stereocenters. The largest absolute Gasteiger partial charge is 0.495 e. The Bertz CT molecular complexity index is 852. The van der Waals surface area contributed by atoms with Gasteiger partial charge in [0.2, 0.25) is 5.91 Å². The average Bonchev–Trinajstić information content (AvgIpc) is 2.89. The average molecular weight is 312 g/mol. The van der Waals surface area contributed by atoms with Crippen molar-refractivity contribution in [3.8, 4) is 5.75 Å². The number of nitrogens with one attached hydrogen (secondary N) is 1. The number of carbonyl (C=O) groups is 1. The second-order valence-electron chi connectivity index (χ2n) is 5.71. The minimum atomic E-state index is -0.0870. The van der Waals surface area contributed by atoms with Crippen LogP contribution < -0.4 is 15.8 Å². The molecule has 5 nitrogen and oxygen atoms in total. The first kappa shape index (κ1) is 15.4. The summed E-state index contributed by atoms with van der Waals surface area (Å²) in [5, 5.41) is 4.86. The lowest BCUT2D eigenvalue weighted by atomic mass is 10.1. The van der Waals surface area contributed by atoms with Gasteiger partial charge in [-0.15, -0.1) is 0 Å². The van der Waals surface area contributed by atoms with Crippen LogP contribution in [-0.2, 0) is 4.79 Å². The summed E-state index contributed by atoms with van der Waals surface area (Å²) in [5.74, 6) is 0.522. The molecule has 5 heteroatoms. The van der Waals surface area contributed by atoms with Crippen molar-refractivity contribution < 1.29 is 13.9 Å². The molecule has 1 amide bonds. The van der Waals surface area contributed by atoms with Crippen LogP contribution in [0.5, 0.6) is 5.75 Å². The van der Waals surface area contributed by atoms with E-state index in [1.807, 2.05) is 37.3 Å². The number of fused-ring (bicyclic) bond motifs is 3. The number of furan rings is 1. The van der Waals surface area contributed by atoms with E-state index in [9.17, 15) is 4.79 Å². The zero-order valence-electron chi connectivity index (χ0n) is 13.3. The number of amides is 1. The summed E-state index contributed by atoms with van der Waals surface area (Å²) >= 11 is 0. The molecule has 1 unspecified atom stereocenters. The Kier molecular flexibility index (Phi) is 4.21. The molecule has 1 aromatic heterocycles. The number of hydrogen-bond donors (Lipinski definition) is 2. The van der Waals surface area contributed by atoms with Crippen molar-refractivity contribution in [1.82, 2.24) is 0 Å². The summed E-state index contributed by atoms with van der Waals surface area (Å²) in [6, 6.07) is 11.5. The van der Waals surface area contributed by atoms with Crippen LogP contribution in [0.4, 0.5) is 5.69 Å². The fourth-order valence-electron chi connectivity index (χ4n) is 2.59. The molecule has 3 rings (SSSR count). The van der Waals surface area contributed by atoms with Crippen molar-refractivity contribution in [3.63, 3.8) is 0 Å². The SMILES string of the molecule is COc1cc2c(cc1NC(=O)CCC(C)N)oc1ccccc12. The first-order chi connectivity index (χ1) is 11.1. The summed E-state index contributed by atoms with van der Waals surface area (Å²) in [7, 11) is 1.58. The minimum absolute atomic E-state index is 0.000462. The van der Waals surface area contributed by atoms with Crippen molar-refractivity contribution in [2.75, 3.05) is 12.4 Å². The van der Waals surface area contributed by atoms with E-state index in [1.165, 1.54) is 0 Å². The molecule has 23 heavy (non-hydrogen) atoms. The smallest absolute Gasteiger partial charge is 0.224 e. The molecule has 0 aliphatic carbocycles. The number of methoxy groups -OCH3 is 1. The number of anilines is 1. The number of ether oxygens (including phenoxy) is 1. The third-order valence-electron chi connectivity index (χ3n) is 3.80. The highest BCUT2D eigenvalue weighted by Crippen LogP contribution is 2.36. The Morgan fingerprint density at radius 2 is 2.04 bits per heavy atom. The van der Waals surface area contributed by atoms with Gasteiger partial charge in [-0.2, -0.15) is 0 Å². The molecule has 2 aromatic carbocycles. The van der Waals surface area contributed by atoms with Crippen molar-refractivity contribution >= 4 is 33.5 Å². The van der Waals surface area contributed by atoms with Crippen molar-refractivity contribution in [2.45, 2.75) is 25.8 Å². The van der Waals surface area contributed by atoms with Gasteiger partial charge in [-0.05, 0) is 25.5 Å². The molecule has 3 aromatic rings. The maximum absolute atomic E-state index is 12.0. The lowest BCUT2D eigenvalue weighted by Gasteiger charge is -2.11. The first-order valence-electron chi connectivity index (χ1n) is 7.63. The van der Waals surface area contributed by atoms with Crippen molar-refractivity contribution in [2.24, 2.45) is 5.73 Å². The maximum atomic E-state index is 12.0. The van der Waals surface area contributed by atoms with Gasteiger partial charge in [0.15, 0.2) is 0 Å². The Morgan fingerprint density at radius 1 is 1.26 bits per heavy atom. The maximum Gasteiger partial charge on any atom is 0.224 e. The van der Waals surface area contributed by atoms with E-state index < -0.39 is 0 Å². The zero-order chi connectivity index (χ0) is 16.4. The van der Waals surface area contributed by atoms with E-state index in [1.54, 1.807) is 13.2 Å². The van der Waals surface area contributed by atoms with Gasteiger partial charge < -0.3 is 20.2 Å². The molecule has 0 radical (unpaired) electrons. The van der Waals surface area contributed by atoms with Crippen LogP contribution in [0.15, 0.2) is 40.8 Å². The van der Waals surface area contributed by atoms with Crippen LogP contribution in [0.1, 0.15) is 19.8 Å². The third kappa shape index (κ3) is 3.14. The van der Waals surface area contributed by atoms with Gasteiger partial charge >= 0.3 is 0 Å². The highest BCUT2D eigenvalue weighted by Gasteiger charge is 2.14. The van der Waals surface area contributed by atoms with E-state index in [4.69, 9.17) is 14.9 Å². The Hall–Kier alpha value is -2.53. The molecule has 0 aliphatic heterocycles. The molecule has 0 fully saturated rings. The predicted octanol–water partition coefficient (Wildman–Crippen LogP) is 3.66. The summed E-state index contributed by atoms with van der Waals surface area (Å²) in [5.41, 5.74) is 7.82. The fraction of sp³-hybridized carbons (Fsp3) is 0.278. The number of carbonyl (C=O) groups excluding carboxylic acids is 1. The fourth-order valence-corrected chi connectivity index (χ4v) is 2.59. The van der Waals surface area contributed by atoms with Gasteiger partial charge in [0.25, 0.3) is 0 Å². The van der Waals surface area contributed by atoms with Crippen molar-refractivity contribution in [1.29, 1.82) is 0 Å². The second-order valence-corrected chi connectivity index (χ2v) is 5.71. The normalized spacial score (nSPS) is 12.5. The molecule has 3 N–H and O–H groups in total. The molecular weight excluding hydrogens is 292 g/mol. The van der Waals surface area contributed by atoms with Gasteiger partial charge in [0.05, 0.1) is 12.8 Å². The van der Waals surface area contributed by atoms with Crippen LogP contribution in [0, 0.1) is 0 Å². The highest BCUT2D eigenvalue weighted by atomic mass is 16.5. The van der Waals surface area contributed by atoms with Crippen molar-refractivity contribution in [3.05, 3.63) is 36.4 Å². The number of nitrogens with two attached hydrogens (primary N) is 1. The molecule has 0 bridgehead atoms. The zero-order valence-corrected chi connectivity index (χ0v) is 13.3. The standard InChI is InChI=1S/C18H20N2O3/c1-11(19)7-8-18(21)20-14-10-16-13(9-17(14)22-2)12-5-3-4-6-15(12)23-16/h3-6,9-11H,7-8,19H2,1-2H3,(H,20,21). The van der Waals surface area contributed by atoms with Gasteiger partial charge in [-0.25, -0.2) is 0 Å². The van der Waals surface area contributed by atoms with Gasteiger partial charge in [-0.1, -0.05) is 18.2 Å². The number of hydrogen-bond acceptors (Lipinski definition) is 4. The Morgan fingerprint density at radius 3 is 2.78 bits per heavy atom. The molecule has 0 saturated heterocycles. The molecule has 0 saturated carbocycles. The molecule has 1 heterocycles. The van der Waals surface area contributed by atoms with E-state index in [0.29, 0.717) is 24.3 Å². The quantitative estimate of drug-likeness (QED) is 0.753. The van der Waals surface area contributed by atoms with Crippen LogP contribution in [-0.4, -0.2) is 19.1 Å². The lowest BCUT2D eigenvalue weighted by molar-refractivity contribution is -0.116. The van der Waals surface area contributed by atoms with E-state index >= 15 is 0 Å². The monoisotopic (exact) mass is 312 g/mol. The minimum Gasteiger partial charge on any atom is -0.495 e. The topological polar surface area (TPSA) is 77.5 Å². The van der Waals surface area contributed by atoms with E-state index in [2.05, 4.69) is 5.32 Å². The molecule has 0 aliphatic rings. The first-order valence-corrected chi connectivity index (χ1v) is 7.63. The summed E-state index contributed by atoms with van der Waals surface area (Å²) < 4.78 is 11.3. The summed E-state index contributed by atoms with van der Waals surface area (Å²) in [6.07, 6.45) is 1.01. The molecule has 0 spiro atoms. The highest BCUT2D eigenvalue weighted by molar-refractivity contribution is 6.07. The second kappa shape index (κ2) is 6.30. The van der Waals surface area contributed by atoms with Crippen LogP contribution in [0.25, 0.3) is 21.9 Å². The lowest BCUT2D eigenvalue weighted by Crippen LogP contribution is -2.19.